The SMILES string of the molecule is C#C[C@]1(O)CC[C@H]2[C@@H]3CCC4=CC(=C)CC(OC(=O)CCCCCC)[C@@H]4[C@H]3CC[C@@]21C. The Morgan fingerprint density at radius 2 is 2.06 bits per heavy atom. The molecule has 0 aromatic carbocycles. The highest BCUT2D eigenvalue weighted by Gasteiger charge is 2.62. The lowest BCUT2D eigenvalue weighted by molar-refractivity contribution is -0.156. The van der Waals surface area contributed by atoms with Gasteiger partial charge in [0, 0.05) is 24.2 Å². The van der Waals surface area contributed by atoms with E-state index in [0.717, 1.165) is 56.9 Å². The van der Waals surface area contributed by atoms with Crippen molar-refractivity contribution in [3.05, 3.63) is 23.8 Å². The van der Waals surface area contributed by atoms with Gasteiger partial charge in [-0.1, -0.05) is 62.8 Å². The molecular formula is C28H40O3. The van der Waals surface area contributed by atoms with Gasteiger partial charge in [-0.2, -0.15) is 0 Å². The van der Waals surface area contributed by atoms with Crippen molar-refractivity contribution in [1.82, 2.24) is 0 Å². The molecule has 0 bridgehead atoms. The zero-order valence-electron chi connectivity index (χ0n) is 19.5. The van der Waals surface area contributed by atoms with Gasteiger partial charge in [0.05, 0.1) is 0 Å². The maximum atomic E-state index is 12.6. The van der Waals surface area contributed by atoms with Crippen LogP contribution < -0.4 is 0 Å². The van der Waals surface area contributed by atoms with Crippen molar-refractivity contribution in [2.45, 2.75) is 103 Å². The second-order valence-corrected chi connectivity index (χ2v) is 10.9. The third-order valence-corrected chi connectivity index (χ3v) is 9.31. The molecule has 3 fully saturated rings. The van der Waals surface area contributed by atoms with E-state index in [9.17, 15) is 9.90 Å². The van der Waals surface area contributed by atoms with Crippen molar-refractivity contribution in [2.75, 3.05) is 0 Å². The van der Waals surface area contributed by atoms with Gasteiger partial charge in [-0.05, 0) is 62.7 Å². The molecule has 0 aliphatic heterocycles. The predicted molar refractivity (Wildman–Crippen MR) is 124 cm³/mol. The number of fused-ring (bicyclic) bond motifs is 5. The summed E-state index contributed by atoms with van der Waals surface area (Å²) in [4.78, 5) is 12.6. The van der Waals surface area contributed by atoms with Crippen LogP contribution in [-0.4, -0.2) is 22.8 Å². The molecule has 1 unspecified atom stereocenters. The molecule has 4 rings (SSSR count). The van der Waals surface area contributed by atoms with E-state index in [4.69, 9.17) is 11.2 Å². The molecule has 170 valence electrons. The van der Waals surface area contributed by atoms with E-state index >= 15 is 0 Å². The molecule has 0 saturated heterocycles. The summed E-state index contributed by atoms with van der Waals surface area (Å²) >= 11 is 0. The fourth-order valence-corrected chi connectivity index (χ4v) is 7.63. The second kappa shape index (κ2) is 8.78. The average molecular weight is 425 g/mol. The van der Waals surface area contributed by atoms with Crippen LogP contribution in [0.3, 0.4) is 0 Å². The van der Waals surface area contributed by atoms with Crippen molar-refractivity contribution in [1.29, 1.82) is 0 Å². The number of aliphatic hydroxyl groups is 1. The highest BCUT2D eigenvalue weighted by Crippen LogP contribution is 2.65. The highest BCUT2D eigenvalue weighted by molar-refractivity contribution is 5.69. The summed E-state index contributed by atoms with van der Waals surface area (Å²) in [5.41, 5.74) is 1.38. The molecule has 4 aliphatic rings. The number of rotatable bonds is 6. The Hall–Kier alpha value is -1.53. The van der Waals surface area contributed by atoms with E-state index in [1.54, 1.807) is 0 Å². The standard InChI is InChI=1S/C28H40O3/c1-5-7-8-9-10-25(29)31-24-18-19(3)17-20-11-12-21-22(26(20)24)13-15-27(4)23(21)14-16-28(27,30)6-2/h2,17,21-24,26,30H,3,5,7-16,18H2,1,4H3/t21-,22+,23+,24?,26+,27+,28+/m1/s1. The smallest absolute Gasteiger partial charge is 0.306 e. The van der Waals surface area contributed by atoms with Gasteiger partial charge in [0.25, 0.3) is 0 Å². The molecule has 4 aliphatic carbocycles. The summed E-state index contributed by atoms with van der Waals surface area (Å²) in [6, 6.07) is 0. The third kappa shape index (κ3) is 3.91. The van der Waals surface area contributed by atoms with E-state index in [1.807, 2.05) is 0 Å². The van der Waals surface area contributed by atoms with Crippen molar-refractivity contribution in [3.63, 3.8) is 0 Å². The van der Waals surface area contributed by atoms with E-state index in [1.165, 1.54) is 18.4 Å². The third-order valence-electron chi connectivity index (χ3n) is 9.31. The van der Waals surface area contributed by atoms with Crippen molar-refractivity contribution >= 4 is 5.97 Å². The highest BCUT2D eigenvalue weighted by atomic mass is 16.5. The first-order valence-electron chi connectivity index (χ1n) is 12.6. The number of ether oxygens (including phenoxy) is 1. The Kier molecular flexibility index (Phi) is 6.42. The molecule has 31 heavy (non-hydrogen) atoms. The number of allylic oxidation sites excluding steroid dienone is 1. The minimum Gasteiger partial charge on any atom is -0.461 e. The normalized spacial score (nSPS) is 41.4. The Morgan fingerprint density at radius 3 is 2.81 bits per heavy atom. The minimum atomic E-state index is -0.968. The number of carbonyl (C=O) groups excluding carboxylic acids is 1. The van der Waals surface area contributed by atoms with Gasteiger partial charge in [0.2, 0.25) is 0 Å². The van der Waals surface area contributed by atoms with Crippen LogP contribution in [0.5, 0.6) is 0 Å². The van der Waals surface area contributed by atoms with Crippen LogP contribution in [0, 0.1) is 41.4 Å². The summed E-state index contributed by atoms with van der Waals surface area (Å²) in [5.74, 6) is 4.57. The number of esters is 1. The Balaban J connectivity index is 1.51. The lowest BCUT2D eigenvalue weighted by Gasteiger charge is -2.55. The zero-order chi connectivity index (χ0) is 22.2. The molecule has 3 heteroatoms. The number of hydrogen-bond acceptors (Lipinski definition) is 3. The fourth-order valence-electron chi connectivity index (χ4n) is 7.63. The zero-order valence-corrected chi connectivity index (χ0v) is 19.5. The van der Waals surface area contributed by atoms with Gasteiger partial charge in [-0.25, -0.2) is 0 Å². The van der Waals surface area contributed by atoms with Crippen LogP contribution in [0.15, 0.2) is 23.8 Å². The topological polar surface area (TPSA) is 46.5 Å². The summed E-state index contributed by atoms with van der Waals surface area (Å²) in [6.07, 6.45) is 19.6. The Bertz CT molecular complexity index is 789. The van der Waals surface area contributed by atoms with Gasteiger partial charge in [-0.3, -0.25) is 4.79 Å². The monoisotopic (exact) mass is 424 g/mol. The quantitative estimate of drug-likeness (QED) is 0.324. The molecule has 7 atom stereocenters. The van der Waals surface area contributed by atoms with Crippen molar-refractivity contribution in [3.8, 4) is 12.3 Å². The van der Waals surface area contributed by atoms with Crippen molar-refractivity contribution in [2.24, 2.45) is 29.1 Å². The minimum absolute atomic E-state index is 0.0412. The van der Waals surface area contributed by atoms with Gasteiger partial charge in [0.15, 0.2) is 0 Å². The van der Waals surface area contributed by atoms with E-state index < -0.39 is 5.60 Å². The molecular weight excluding hydrogens is 384 g/mol. The Morgan fingerprint density at radius 1 is 1.26 bits per heavy atom. The average Bonchev–Trinajstić information content (AvgIpc) is 3.02. The molecule has 0 aromatic rings. The van der Waals surface area contributed by atoms with Crippen LogP contribution in [0.2, 0.25) is 0 Å². The van der Waals surface area contributed by atoms with E-state index in [-0.39, 0.29) is 17.5 Å². The molecule has 0 amide bonds. The number of carbonyl (C=O) groups is 1. The molecule has 0 radical (unpaired) electrons. The largest absolute Gasteiger partial charge is 0.461 e. The van der Waals surface area contributed by atoms with Crippen LogP contribution in [0.4, 0.5) is 0 Å². The van der Waals surface area contributed by atoms with E-state index in [2.05, 4.69) is 32.4 Å². The van der Waals surface area contributed by atoms with Gasteiger partial charge >= 0.3 is 5.97 Å². The molecule has 3 saturated carbocycles. The maximum Gasteiger partial charge on any atom is 0.306 e. The first-order valence-corrected chi connectivity index (χ1v) is 12.6. The van der Waals surface area contributed by atoms with Crippen LogP contribution >= 0.6 is 0 Å². The molecule has 0 heterocycles. The number of hydrogen-bond donors (Lipinski definition) is 1. The summed E-state index contributed by atoms with van der Waals surface area (Å²) in [5, 5.41) is 11.2. The number of terminal acetylenes is 1. The van der Waals surface area contributed by atoms with Crippen LogP contribution in [0.25, 0.3) is 0 Å². The van der Waals surface area contributed by atoms with E-state index in [0.29, 0.717) is 36.5 Å². The van der Waals surface area contributed by atoms with Gasteiger partial charge in [0.1, 0.15) is 11.7 Å². The molecule has 0 spiro atoms. The lowest BCUT2D eigenvalue weighted by atomic mass is 9.50. The van der Waals surface area contributed by atoms with Gasteiger partial charge < -0.3 is 9.84 Å². The van der Waals surface area contributed by atoms with Gasteiger partial charge in [-0.15, -0.1) is 6.42 Å². The Labute approximate surface area is 188 Å². The summed E-state index contributed by atoms with van der Waals surface area (Å²) in [6.45, 7) is 8.63. The van der Waals surface area contributed by atoms with Crippen LogP contribution in [0.1, 0.15) is 90.9 Å². The van der Waals surface area contributed by atoms with Crippen molar-refractivity contribution < 1.29 is 14.6 Å². The molecule has 0 aromatic heterocycles. The first kappa shape index (κ1) is 22.7. The molecule has 1 N–H and O–H groups in total. The molecule has 3 nitrogen and oxygen atoms in total. The maximum absolute atomic E-state index is 12.6. The fraction of sp³-hybridized carbons (Fsp3) is 0.750. The van der Waals surface area contributed by atoms with Crippen LogP contribution in [-0.2, 0) is 9.53 Å². The first-order chi connectivity index (χ1) is 14.8. The summed E-state index contributed by atoms with van der Waals surface area (Å²) < 4.78 is 6.14. The lowest BCUT2D eigenvalue weighted by Crippen LogP contribution is -2.53. The predicted octanol–water partition coefficient (Wildman–Crippen LogP) is 5.97. The summed E-state index contributed by atoms with van der Waals surface area (Å²) in [7, 11) is 0. The number of unbranched alkanes of at least 4 members (excludes halogenated alkanes) is 3. The second-order valence-electron chi connectivity index (χ2n) is 10.9.